The predicted octanol–water partition coefficient (Wildman–Crippen LogP) is 4.22. The fraction of sp³-hybridized carbons (Fsp3) is 0.350. The van der Waals surface area contributed by atoms with Gasteiger partial charge in [-0.05, 0) is 37.3 Å². The van der Waals surface area contributed by atoms with E-state index < -0.39 is 0 Å². The molecule has 4 nitrogen and oxygen atoms in total. The summed E-state index contributed by atoms with van der Waals surface area (Å²) in [5, 5.41) is 0. The Morgan fingerprint density at radius 1 is 1.12 bits per heavy atom. The molecule has 0 bridgehead atoms. The first-order valence-corrected chi connectivity index (χ1v) is 8.64. The summed E-state index contributed by atoms with van der Waals surface area (Å²) in [6, 6.07) is 12.2. The monoisotopic (exact) mass is 322 g/mol. The van der Waals surface area contributed by atoms with E-state index in [4.69, 9.17) is 4.42 Å². The standard InChI is InChI=1S/C20H22N2O2/c1-15-7-3-4-8-16(15)14-22-17-9-12-24-19(17)13-18(22)20(23)21-10-5-2-6-11-21/h3-4,7-9,12-13H,2,5-6,10-11,14H2,1H3. The molecule has 4 heteroatoms. The second-order valence-electron chi connectivity index (χ2n) is 6.57. The van der Waals surface area contributed by atoms with Gasteiger partial charge in [-0.1, -0.05) is 24.3 Å². The van der Waals surface area contributed by atoms with Gasteiger partial charge in [0.05, 0.1) is 11.8 Å². The average molecular weight is 322 g/mol. The zero-order valence-corrected chi connectivity index (χ0v) is 14.0. The van der Waals surface area contributed by atoms with Gasteiger partial charge in [0.2, 0.25) is 0 Å². The molecule has 2 aromatic heterocycles. The minimum atomic E-state index is 0.120. The van der Waals surface area contributed by atoms with Crippen LogP contribution < -0.4 is 0 Å². The zero-order valence-electron chi connectivity index (χ0n) is 14.0. The third-order valence-corrected chi connectivity index (χ3v) is 4.97. The number of furan rings is 1. The van der Waals surface area contributed by atoms with E-state index in [1.165, 1.54) is 17.5 Å². The van der Waals surface area contributed by atoms with Crippen LogP contribution in [-0.2, 0) is 6.54 Å². The van der Waals surface area contributed by atoms with Crippen molar-refractivity contribution in [3.8, 4) is 0 Å². The molecule has 0 radical (unpaired) electrons. The Balaban J connectivity index is 1.74. The number of rotatable bonds is 3. The summed E-state index contributed by atoms with van der Waals surface area (Å²) in [7, 11) is 0. The Bertz CT molecular complexity index is 869. The van der Waals surface area contributed by atoms with Crippen LogP contribution in [0.1, 0.15) is 40.9 Å². The van der Waals surface area contributed by atoms with Gasteiger partial charge < -0.3 is 13.9 Å². The Morgan fingerprint density at radius 2 is 1.92 bits per heavy atom. The molecule has 124 valence electrons. The Labute approximate surface area is 141 Å². The normalized spacial score (nSPS) is 15.1. The van der Waals surface area contributed by atoms with Crippen LogP contribution in [0.5, 0.6) is 0 Å². The highest BCUT2D eigenvalue weighted by molar-refractivity contribution is 5.97. The summed E-state index contributed by atoms with van der Waals surface area (Å²) in [6.07, 6.45) is 5.10. The molecule has 0 unspecified atom stereocenters. The number of amides is 1. The highest BCUT2D eigenvalue weighted by Crippen LogP contribution is 2.25. The molecule has 1 aromatic carbocycles. The molecule has 1 aliphatic heterocycles. The number of hydrogen-bond donors (Lipinski definition) is 0. The Kier molecular flexibility index (Phi) is 3.89. The molecule has 0 saturated carbocycles. The number of piperidine rings is 1. The molecule has 1 amide bonds. The van der Waals surface area contributed by atoms with Crippen LogP contribution in [0.3, 0.4) is 0 Å². The van der Waals surface area contributed by atoms with Crippen LogP contribution in [0.15, 0.2) is 47.1 Å². The van der Waals surface area contributed by atoms with Gasteiger partial charge in [-0.2, -0.15) is 0 Å². The van der Waals surface area contributed by atoms with Gasteiger partial charge in [-0.15, -0.1) is 0 Å². The van der Waals surface area contributed by atoms with Crippen molar-refractivity contribution in [3.63, 3.8) is 0 Å². The number of hydrogen-bond acceptors (Lipinski definition) is 2. The molecule has 4 rings (SSSR count). The van der Waals surface area contributed by atoms with Crippen LogP contribution in [0.25, 0.3) is 11.1 Å². The van der Waals surface area contributed by atoms with Gasteiger partial charge in [-0.3, -0.25) is 4.79 Å². The van der Waals surface area contributed by atoms with E-state index >= 15 is 0 Å². The summed E-state index contributed by atoms with van der Waals surface area (Å²) in [4.78, 5) is 15.0. The number of aryl methyl sites for hydroxylation is 1. The minimum absolute atomic E-state index is 0.120. The molecule has 1 fully saturated rings. The van der Waals surface area contributed by atoms with Crippen molar-refractivity contribution in [3.05, 3.63) is 59.5 Å². The van der Waals surface area contributed by atoms with E-state index in [-0.39, 0.29) is 5.91 Å². The van der Waals surface area contributed by atoms with Gasteiger partial charge in [0.15, 0.2) is 5.58 Å². The maximum absolute atomic E-state index is 13.0. The predicted molar refractivity (Wildman–Crippen MR) is 94.2 cm³/mol. The molecular weight excluding hydrogens is 300 g/mol. The Hall–Kier alpha value is -2.49. The van der Waals surface area contributed by atoms with Gasteiger partial charge in [0.25, 0.3) is 5.91 Å². The molecular formula is C20H22N2O2. The van der Waals surface area contributed by atoms with Crippen molar-refractivity contribution in [2.75, 3.05) is 13.1 Å². The molecule has 1 saturated heterocycles. The summed E-state index contributed by atoms with van der Waals surface area (Å²) < 4.78 is 7.65. The lowest BCUT2D eigenvalue weighted by Crippen LogP contribution is -2.36. The van der Waals surface area contributed by atoms with E-state index in [0.29, 0.717) is 6.54 Å². The van der Waals surface area contributed by atoms with Crippen LogP contribution in [0.4, 0.5) is 0 Å². The number of nitrogens with zero attached hydrogens (tertiary/aromatic N) is 2. The van der Waals surface area contributed by atoms with Crippen molar-refractivity contribution in [1.29, 1.82) is 0 Å². The van der Waals surface area contributed by atoms with Crippen molar-refractivity contribution < 1.29 is 9.21 Å². The number of carbonyl (C=O) groups is 1. The third kappa shape index (κ3) is 2.62. The second kappa shape index (κ2) is 6.19. The van der Waals surface area contributed by atoms with Crippen LogP contribution in [0.2, 0.25) is 0 Å². The zero-order chi connectivity index (χ0) is 16.5. The number of aromatic nitrogens is 1. The van der Waals surface area contributed by atoms with Crippen LogP contribution >= 0.6 is 0 Å². The van der Waals surface area contributed by atoms with E-state index in [2.05, 4.69) is 23.6 Å². The molecule has 0 atom stereocenters. The third-order valence-electron chi connectivity index (χ3n) is 4.97. The lowest BCUT2D eigenvalue weighted by Gasteiger charge is -2.27. The SMILES string of the molecule is Cc1ccccc1Cn1c(C(=O)N2CCCCC2)cc2occc21. The molecule has 0 aliphatic carbocycles. The van der Waals surface area contributed by atoms with E-state index in [0.717, 1.165) is 42.7 Å². The molecule has 3 heterocycles. The summed E-state index contributed by atoms with van der Waals surface area (Å²) >= 11 is 0. The van der Waals surface area contributed by atoms with Crippen LogP contribution in [-0.4, -0.2) is 28.5 Å². The van der Waals surface area contributed by atoms with Gasteiger partial charge >= 0.3 is 0 Å². The maximum atomic E-state index is 13.0. The highest BCUT2D eigenvalue weighted by atomic mass is 16.3. The Morgan fingerprint density at radius 3 is 2.71 bits per heavy atom. The summed E-state index contributed by atoms with van der Waals surface area (Å²) in [5.41, 5.74) is 4.96. The fourth-order valence-corrected chi connectivity index (χ4v) is 3.54. The summed E-state index contributed by atoms with van der Waals surface area (Å²) in [5.74, 6) is 0.120. The number of fused-ring (bicyclic) bond motifs is 1. The minimum Gasteiger partial charge on any atom is -0.463 e. The van der Waals surface area contributed by atoms with Crippen molar-refractivity contribution in [2.45, 2.75) is 32.7 Å². The van der Waals surface area contributed by atoms with Gasteiger partial charge in [0, 0.05) is 31.8 Å². The molecule has 1 aliphatic rings. The van der Waals surface area contributed by atoms with Gasteiger partial charge in [0.1, 0.15) is 5.69 Å². The molecule has 0 N–H and O–H groups in total. The first kappa shape index (κ1) is 15.1. The van der Waals surface area contributed by atoms with E-state index in [1.807, 2.05) is 29.2 Å². The summed E-state index contributed by atoms with van der Waals surface area (Å²) in [6.45, 7) is 4.51. The maximum Gasteiger partial charge on any atom is 0.270 e. The number of carbonyl (C=O) groups excluding carboxylic acids is 1. The van der Waals surface area contributed by atoms with E-state index in [1.54, 1.807) is 6.26 Å². The fourth-order valence-electron chi connectivity index (χ4n) is 3.54. The highest BCUT2D eigenvalue weighted by Gasteiger charge is 2.24. The van der Waals surface area contributed by atoms with Crippen molar-refractivity contribution in [2.24, 2.45) is 0 Å². The largest absolute Gasteiger partial charge is 0.463 e. The van der Waals surface area contributed by atoms with Crippen molar-refractivity contribution in [1.82, 2.24) is 9.47 Å². The topological polar surface area (TPSA) is 38.4 Å². The number of likely N-dealkylation sites (tertiary alicyclic amines) is 1. The van der Waals surface area contributed by atoms with Gasteiger partial charge in [-0.25, -0.2) is 0 Å². The molecule has 0 spiro atoms. The van der Waals surface area contributed by atoms with Crippen molar-refractivity contribution >= 4 is 17.0 Å². The quantitative estimate of drug-likeness (QED) is 0.724. The van der Waals surface area contributed by atoms with E-state index in [9.17, 15) is 4.79 Å². The smallest absolute Gasteiger partial charge is 0.270 e. The first-order valence-electron chi connectivity index (χ1n) is 8.64. The second-order valence-corrected chi connectivity index (χ2v) is 6.57. The molecule has 3 aromatic rings. The lowest BCUT2D eigenvalue weighted by molar-refractivity contribution is 0.0714. The van der Waals surface area contributed by atoms with Crippen LogP contribution in [0, 0.1) is 6.92 Å². The lowest BCUT2D eigenvalue weighted by atomic mass is 10.1. The number of benzene rings is 1. The molecule has 24 heavy (non-hydrogen) atoms. The average Bonchev–Trinajstić information content (AvgIpc) is 3.19. The first-order chi connectivity index (χ1) is 11.7.